The standard InChI is InChI=1S/C14H19F3N2O2/c1-21-12-10(3-2-4-11(12)15)13(14(16,17)9-20)19-7-5-18-6-8-19/h2-4,13,18,20H,5-9H2,1H3/t13-/m0/s1. The first-order chi connectivity index (χ1) is 10.0. The van der Waals surface area contributed by atoms with Gasteiger partial charge in [0, 0.05) is 31.7 Å². The number of aliphatic hydroxyl groups is 1. The minimum absolute atomic E-state index is 0.0541. The maximum Gasteiger partial charge on any atom is 0.290 e. The highest BCUT2D eigenvalue weighted by atomic mass is 19.3. The third-order valence-corrected chi connectivity index (χ3v) is 3.62. The lowest BCUT2D eigenvalue weighted by molar-refractivity contribution is -0.119. The molecule has 2 rings (SSSR count). The number of aliphatic hydroxyl groups excluding tert-OH is 1. The van der Waals surface area contributed by atoms with E-state index in [4.69, 9.17) is 9.84 Å². The van der Waals surface area contributed by atoms with Gasteiger partial charge in [-0.1, -0.05) is 12.1 Å². The minimum Gasteiger partial charge on any atom is -0.493 e. The van der Waals surface area contributed by atoms with E-state index in [9.17, 15) is 13.2 Å². The summed E-state index contributed by atoms with van der Waals surface area (Å²) in [6, 6.07) is 2.53. The Morgan fingerprint density at radius 1 is 1.38 bits per heavy atom. The summed E-state index contributed by atoms with van der Waals surface area (Å²) >= 11 is 0. The normalized spacial score (nSPS) is 18.5. The van der Waals surface area contributed by atoms with E-state index in [1.807, 2.05) is 0 Å². The molecule has 7 heteroatoms. The Bertz CT molecular complexity index is 479. The molecule has 1 aromatic rings. The van der Waals surface area contributed by atoms with Gasteiger partial charge in [-0.05, 0) is 6.07 Å². The largest absolute Gasteiger partial charge is 0.493 e. The van der Waals surface area contributed by atoms with Gasteiger partial charge in [0.15, 0.2) is 11.6 Å². The van der Waals surface area contributed by atoms with E-state index in [1.54, 1.807) is 4.90 Å². The number of rotatable bonds is 5. The molecule has 0 spiro atoms. The Hall–Kier alpha value is -1.31. The Morgan fingerprint density at radius 3 is 2.62 bits per heavy atom. The zero-order valence-electron chi connectivity index (χ0n) is 11.8. The topological polar surface area (TPSA) is 44.7 Å². The maximum absolute atomic E-state index is 14.2. The van der Waals surface area contributed by atoms with Crippen molar-refractivity contribution in [3.63, 3.8) is 0 Å². The van der Waals surface area contributed by atoms with E-state index < -0.39 is 24.4 Å². The summed E-state index contributed by atoms with van der Waals surface area (Å²) in [5.74, 6) is -4.28. The molecule has 2 N–H and O–H groups in total. The first-order valence-electron chi connectivity index (χ1n) is 6.77. The number of methoxy groups -OCH3 is 1. The number of ether oxygens (including phenoxy) is 1. The Kier molecular flexibility index (Phi) is 5.08. The molecule has 1 atom stereocenters. The monoisotopic (exact) mass is 304 g/mol. The first kappa shape index (κ1) is 16.1. The van der Waals surface area contributed by atoms with Crippen molar-refractivity contribution in [2.75, 3.05) is 39.9 Å². The van der Waals surface area contributed by atoms with Gasteiger partial charge in [-0.2, -0.15) is 0 Å². The molecule has 1 saturated heterocycles. The zero-order valence-corrected chi connectivity index (χ0v) is 11.8. The van der Waals surface area contributed by atoms with Crippen molar-refractivity contribution >= 4 is 0 Å². The highest BCUT2D eigenvalue weighted by molar-refractivity contribution is 5.38. The molecule has 0 aromatic heterocycles. The average Bonchev–Trinajstić information content (AvgIpc) is 2.48. The van der Waals surface area contributed by atoms with Gasteiger partial charge in [0.1, 0.15) is 12.6 Å². The smallest absolute Gasteiger partial charge is 0.290 e. The van der Waals surface area contributed by atoms with E-state index in [0.29, 0.717) is 26.2 Å². The van der Waals surface area contributed by atoms with Gasteiger partial charge in [-0.3, -0.25) is 4.90 Å². The van der Waals surface area contributed by atoms with Crippen LogP contribution in [0.4, 0.5) is 13.2 Å². The summed E-state index contributed by atoms with van der Waals surface area (Å²) in [6.45, 7) is 0.604. The number of piperazine rings is 1. The van der Waals surface area contributed by atoms with Crippen LogP contribution in [-0.4, -0.2) is 55.8 Å². The van der Waals surface area contributed by atoms with Crippen molar-refractivity contribution in [1.82, 2.24) is 10.2 Å². The average molecular weight is 304 g/mol. The third-order valence-electron chi connectivity index (χ3n) is 3.62. The second-order valence-electron chi connectivity index (χ2n) is 4.97. The van der Waals surface area contributed by atoms with Crippen LogP contribution >= 0.6 is 0 Å². The zero-order chi connectivity index (χ0) is 15.5. The Balaban J connectivity index is 2.46. The number of alkyl halides is 2. The maximum atomic E-state index is 14.2. The van der Waals surface area contributed by atoms with E-state index >= 15 is 0 Å². The Labute approximate surface area is 121 Å². The summed E-state index contributed by atoms with van der Waals surface area (Å²) in [4.78, 5) is 1.55. The second-order valence-corrected chi connectivity index (χ2v) is 4.97. The number of nitrogens with one attached hydrogen (secondary N) is 1. The van der Waals surface area contributed by atoms with Crippen LogP contribution in [0.25, 0.3) is 0 Å². The molecular formula is C14H19F3N2O2. The van der Waals surface area contributed by atoms with Crippen molar-refractivity contribution in [2.45, 2.75) is 12.0 Å². The molecule has 0 radical (unpaired) electrons. The summed E-state index contributed by atoms with van der Waals surface area (Å²) in [6.07, 6.45) is 0. The van der Waals surface area contributed by atoms with Crippen molar-refractivity contribution < 1.29 is 23.0 Å². The van der Waals surface area contributed by atoms with E-state index in [0.717, 1.165) is 6.07 Å². The van der Waals surface area contributed by atoms with E-state index in [-0.39, 0.29) is 11.3 Å². The molecular weight excluding hydrogens is 285 g/mol. The molecule has 1 aromatic carbocycles. The number of para-hydroxylation sites is 1. The molecule has 0 bridgehead atoms. The van der Waals surface area contributed by atoms with Crippen LogP contribution in [0.3, 0.4) is 0 Å². The SMILES string of the molecule is COc1c(F)cccc1[C@H](N1CCNCC1)C(F)(F)CO. The predicted molar refractivity (Wildman–Crippen MR) is 72.2 cm³/mol. The second kappa shape index (κ2) is 6.64. The number of halogens is 3. The van der Waals surface area contributed by atoms with Crippen molar-refractivity contribution in [2.24, 2.45) is 0 Å². The molecule has 21 heavy (non-hydrogen) atoms. The number of benzene rings is 1. The van der Waals surface area contributed by atoms with Gasteiger partial charge >= 0.3 is 0 Å². The third kappa shape index (κ3) is 3.30. The van der Waals surface area contributed by atoms with Crippen LogP contribution in [0, 0.1) is 5.82 Å². The number of hydrogen-bond acceptors (Lipinski definition) is 4. The van der Waals surface area contributed by atoms with E-state index in [1.165, 1.54) is 19.2 Å². The van der Waals surface area contributed by atoms with Gasteiger partial charge in [-0.15, -0.1) is 0 Å². The van der Waals surface area contributed by atoms with Gasteiger partial charge in [0.05, 0.1) is 7.11 Å². The molecule has 0 aliphatic carbocycles. The first-order valence-corrected chi connectivity index (χ1v) is 6.77. The highest BCUT2D eigenvalue weighted by Gasteiger charge is 2.45. The number of nitrogens with zero attached hydrogens (tertiary/aromatic N) is 1. The fourth-order valence-electron chi connectivity index (χ4n) is 2.67. The van der Waals surface area contributed by atoms with Crippen molar-refractivity contribution in [1.29, 1.82) is 0 Å². The van der Waals surface area contributed by atoms with Gasteiger partial charge in [0.2, 0.25) is 0 Å². The molecule has 0 amide bonds. The van der Waals surface area contributed by atoms with Crippen LogP contribution < -0.4 is 10.1 Å². The fraction of sp³-hybridized carbons (Fsp3) is 0.571. The molecule has 118 valence electrons. The van der Waals surface area contributed by atoms with Crippen molar-refractivity contribution in [3.8, 4) is 5.75 Å². The van der Waals surface area contributed by atoms with E-state index in [2.05, 4.69) is 5.32 Å². The van der Waals surface area contributed by atoms with Gasteiger partial charge < -0.3 is 15.2 Å². The van der Waals surface area contributed by atoms with Crippen LogP contribution in [0.1, 0.15) is 11.6 Å². The Morgan fingerprint density at radius 2 is 2.05 bits per heavy atom. The van der Waals surface area contributed by atoms with Crippen LogP contribution in [-0.2, 0) is 0 Å². The summed E-state index contributed by atoms with van der Waals surface area (Å²) in [7, 11) is 1.24. The molecule has 1 heterocycles. The van der Waals surface area contributed by atoms with Gasteiger partial charge in [-0.25, -0.2) is 13.2 Å². The molecule has 4 nitrogen and oxygen atoms in total. The summed E-state index contributed by atoms with van der Waals surface area (Å²) in [5.41, 5.74) is 0.0541. The lowest BCUT2D eigenvalue weighted by atomic mass is 9.97. The summed E-state index contributed by atoms with van der Waals surface area (Å²) < 4.78 is 47.3. The molecule has 1 aliphatic heterocycles. The lowest BCUT2D eigenvalue weighted by Crippen LogP contribution is -2.51. The molecule has 0 saturated carbocycles. The molecule has 1 fully saturated rings. The molecule has 1 aliphatic rings. The predicted octanol–water partition coefficient (Wildman–Crippen LogP) is 1.41. The fourth-order valence-corrected chi connectivity index (χ4v) is 2.67. The lowest BCUT2D eigenvalue weighted by Gasteiger charge is -2.39. The summed E-state index contributed by atoms with van der Waals surface area (Å²) in [5, 5.41) is 12.1. The quantitative estimate of drug-likeness (QED) is 0.863. The van der Waals surface area contributed by atoms with Crippen LogP contribution in [0.15, 0.2) is 18.2 Å². The van der Waals surface area contributed by atoms with Crippen LogP contribution in [0.5, 0.6) is 5.75 Å². The highest BCUT2D eigenvalue weighted by Crippen LogP contribution is 2.41. The van der Waals surface area contributed by atoms with Gasteiger partial charge in [0.25, 0.3) is 5.92 Å². The van der Waals surface area contributed by atoms with Crippen molar-refractivity contribution in [3.05, 3.63) is 29.6 Å². The number of hydrogen-bond donors (Lipinski definition) is 2. The van der Waals surface area contributed by atoms with Crippen LogP contribution in [0.2, 0.25) is 0 Å². The minimum atomic E-state index is -3.39. The molecule has 0 unspecified atom stereocenters.